The predicted octanol–water partition coefficient (Wildman–Crippen LogP) is 0.535. The Morgan fingerprint density at radius 1 is 1.50 bits per heavy atom. The number of nitrogens with two attached hydrogens (primary N) is 1. The summed E-state index contributed by atoms with van der Waals surface area (Å²) in [6.45, 7) is 1.03. The number of ether oxygens (including phenoxy) is 1. The van der Waals surface area contributed by atoms with E-state index in [9.17, 15) is 13.2 Å². The molecular weight excluding hydrogens is 258 g/mol. The summed E-state index contributed by atoms with van der Waals surface area (Å²) in [5.74, 6) is -1.26. The zero-order valence-electron chi connectivity index (χ0n) is 9.87. The maximum absolute atomic E-state index is 11.5. The van der Waals surface area contributed by atoms with Gasteiger partial charge in [-0.15, -0.1) is 0 Å². The van der Waals surface area contributed by atoms with Crippen LogP contribution in [0.25, 0.3) is 0 Å². The maximum Gasteiger partial charge on any atom is 0.321 e. The molecule has 0 saturated carbocycles. The topological polar surface area (TPSA) is 107 Å². The normalized spacial score (nSPS) is 12.9. The van der Waals surface area contributed by atoms with Crippen LogP contribution in [0.1, 0.15) is 6.92 Å². The van der Waals surface area contributed by atoms with E-state index < -0.39 is 21.1 Å². The van der Waals surface area contributed by atoms with Gasteiger partial charge in [-0.05, 0) is 19.1 Å². The van der Waals surface area contributed by atoms with Crippen LogP contribution in [0.4, 0.5) is 5.69 Å². The molecule has 0 fully saturated rings. The number of rotatable bonds is 6. The first-order valence-corrected chi connectivity index (χ1v) is 6.97. The molecule has 3 N–H and O–H groups in total. The summed E-state index contributed by atoms with van der Waals surface area (Å²) >= 11 is 0. The lowest BCUT2D eigenvalue weighted by Gasteiger charge is -2.10. The van der Waals surface area contributed by atoms with Crippen LogP contribution < -0.4 is 10.5 Å². The van der Waals surface area contributed by atoms with E-state index >= 15 is 0 Å². The van der Waals surface area contributed by atoms with Crippen molar-refractivity contribution in [3.63, 3.8) is 0 Å². The molecule has 1 unspecified atom stereocenters. The van der Waals surface area contributed by atoms with Gasteiger partial charge in [0.25, 0.3) is 0 Å². The van der Waals surface area contributed by atoms with Crippen molar-refractivity contribution in [3.8, 4) is 5.75 Å². The van der Waals surface area contributed by atoms with Gasteiger partial charge < -0.3 is 15.6 Å². The largest absolute Gasteiger partial charge is 0.492 e. The van der Waals surface area contributed by atoms with Crippen molar-refractivity contribution in [3.05, 3.63) is 24.3 Å². The Hall–Kier alpha value is -1.76. The molecule has 0 aliphatic rings. The Labute approximate surface area is 105 Å². The van der Waals surface area contributed by atoms with Gasteiger partial charge in [0, 0.05) is 11.8 Å². The van der Waals surface area contributed by atoms with Crippen LogP contribution in [-0.4, -0.2) is 37.1 Å². The average molecular weight is 273 g/mol. The SMILES string of the molecule is CC(C(=O)O)S(=O)(=O)CCOc1cccc(N)c1. The molecule has 0 amide bonds. The highest BCUT2D eigenvalue weighted by atomic mass is 32.2. The summed E-state index contributed by atoms with van der Waals surface area (Å²) < 4.78 is 28.3. The number of aliphatic carboxylic acids is 1. The molecule has 18 heavy (non-hydrogen) atoms. The van der Waals surface area contributed by atoms with Crippen molar-refractivity contribution in [1.29, 1.82) is 0 Å². The van der Waals surface area contributed by atoms with Crippen molar-refractivity contribution < 1.29 is 23.1 Å². The number of hydrogen-bond acceptors (Lipinski definition) is 5. The van der Waals surface area contributed by atoms with Gasteiger partial charge in [-0.3, -0.25) is 4.79 Å². The second-order valence-corrected chi connectivity index (χ2v) is 6.21. The van der Waals surface area contributed by atoms with Crippen molar-refractivity contribution in [2.45, 2.75) is 12.2 Å². The number of nitrogen functional groups attached to an aromatic ring is 1. The molecule has 6 nitrogen and oxygen atoms in total. The summed E-state index contributed by atoms with van der Waals surface area (Å²) in [5.41, 5.74) is 6.04. The standard InChI is InChI=1S/C11H15NO5S/c1-8(11(13)14)18(15,16)6-5-17-10-4-2-3-9(12)7-10/h2-4,7-8H,5-6,12H2,1H3,(H,13,14). The van der Waals surface area contributed by atoms with Crippen LogP contribution >= 0.6 is 0 Å². The van der Waals surface area contributed by atoms with Crippen molar-refractivity contribution in [1.82, 2.24) is 0 Å². The van der Waals surface area contributed by atoms with E-state index in [0.717, 1.165) is 6.92 Å². The summed E-state index contributed by atoms with van der Waals surface area (Å²) in [6, 6.07) is 6.56. The van der Waals surface area contributed by atoms with Crippen LogP contribution in [0.3, 0.4) is 0 Å². The fraction of sp³-hybridized carbons (Fsp3) is 0.364. The molecule has 0 radical (unpaired) electrons. The second-order valence-electron chi connectivity index (χ2n) is 3.77. The van der Waals surface area contributed by atoms with E-state index in [4.69, 9.17) is 15.6 Å². The number of benzene rings is 1. The van der Waals surface area contributed by atoms with Crippen molar-refractivity contribution in [2.75, 3.05) is 18.1 Å². The lowest BCUT2D eigenvalue weighted by molar-refractivity contribution is -0.136. The highest BCUT2D eigenvalue weighted by molar-refractivity contribution is 7.92. The van der Waals surface area contributed by atoms with Gasteiger partial charge in [-0.2, -0.15) is 0 Å². The number of carboxylic acid groups (broad SMARTS) is 1. The zero-order valence-corrected chi connectivity index (χ0v) is 10.7. The molecule has 0 aliphatic carbocycles. The molecule has 0 heterocycles. The Morgan fingerprint density at radius 2 is 2.17 bits per heavy atom. The van der Waals surface area contributed by atoms with Crippen LogP contribution in [-0.2, 0) is 14.6 Å². The first-order valence-electron chi connectivity index (χ1n) is 5.25. The molecule has 1 aromatic rings. The average Bonchev–Trinajstić information content (AvgIpc) is 2.27. The van der Waals surface area contributed by atoms with Gasteiger partial charge in [0.1, 0.15) is 12.4 Å². The summed E-state index contributed by atoms with van der Waals surface area (Å²) in [6.07, 6.45) is 0. The lowest BCUT2D eigenvalue weighted by atomic mass is 10.3. The van der Waals surface area contributed by atoms with Gasteiger partial charge in [-0.25, -0.2) is 8.42 Å². The molecule has 1 rings (SSSR count). The van der Waals surface area contributed by atoms with Gasteiger partial charge in [0.2, 0.25) is 0 Å². The number of anilines is 1. The van der Waals surface area contributed by atoms with Gasteiger partial charge in [0.15, 0.2) is 15.1 Å². The van der Waals surface area contributed by atoms with Gasteiger partial charge >= 0.3 is 5.97 Å². The third-order valence-corrected chi connectivity index (χ3v) is 4.40. The minimum atomic E-state index is -3.70. The first kappa shape index (κ1) is 14.3. The van der Waals surface area contributed by atoms with Crippen LogP contribution in [0.15, 0.2) is 24.3 Å². The summed E-state index contributed by atoms with van der Waals surface area (Å²) in [7, 11) is -3.70. The van der Waals surface area contributed by atoms with Crippen LogP contribution in [0.5, 0.6) is 5.75 Å². The fourth-order valence-electron chi connectivity index (χ4n) is 1.21. The molecule has 0 aromatic heterocycles. The molecule has 1 atom stereocenters. The Bertz CT molecular complexity index is 526. The minimum Gasteiger partial charge on any atom is -0.492 e. The number of carboxylic acids is 1. The third-order valence-electron chi connectivity index (χ3n) is 2.38. The quantitative estimate of drug-likeness (QED) is 0.732. The highest BCUT2D eigenvalue weighted by Crippen LogP contribution is 2.14. The third kappa shape index (κ3) is 3.92. The molecule has 7 heteroatoms. The predicted molar refractivity (Wildman–Crippen MR) is 67.2 cm³/mol. The van der Waals surface area contributed by atoms with Crippen LogP contribution in [0, 0.1) is 0 Å². The van der Waals surface area contributed by atoms with E-state index in [2.05, 4.69) is 0 Å². The summed E-state index contributed by atoms with van der Waals surface area (Å²) in [5, 5.41) is 7.21. The molecule has 0 spiro atoms. The number of hydrogen-bond donors (Lipinski definition) is 2. The van der Waals surface area contributed by atoms with E-state index in [1.54, 1.807) is 24.3 Å². The molecule has 1 aromatic carbocycles. The van der Waals surface area contributed by atoms with E-state index in [-0.39, 0.29) is 12.4 Å². The van der Waals surface area contributed by atoms with Crippen molar-refractivity contribution >= 4 is 21.5 Å². The highest BCUT2D eigenvalue weighted by Gasteiger charge is 2.27. The molecule has 0 saturated heterocycles. The maximum atomic E-state index is 11.5. The molecule has 100 valence electrons. The molecular formula is C11H15NO5S. The molecule has 0 aliphatic heterocycles. The Kier molecular flexibility index (Phi) is 4.55. The fourth-order valence-corrected chi connectivity index (χ4v) is 2.19. The Balaban J connectivity index is 2.54. The van der Waals surface area contributed by atoms with Gasteiger partial charge in [0.05, 0.1) is 5.75 Å². The van der Waals surface area contributed by atoms with E-state index in [1.165, 1.54) is 0 Å². The minimum absolute atomic E-state index is 0.108. The Morgan fingerprint density at radius 3 is 2.72 bits per heavy atom. The van der Waals surface area contributed by atoms with Gasteiger partial charge in [-0.1, -0.05) is 6.07 Å². The van der Waals surface area contributed by atoms with E-state index in [0.29, 0.717) is 11.4 Å². The molecule has 0 bridgehead atoms. The van der Waals surface area contributed by atoms with Crippen molar-refractivity contribution in [2.24, 2.45) is 0 Å². The summed E-state index contributed by atoms with van der Waals surface area (Å²) in [4.78, 5) is 10.6. The lowest BCUT2D eigenvalue weighted by Crippen LogP contribution is -2.31. The number of carbonyl (C=O) groups is 1. The first-order chi connectivity index (χ1) is 8.33. The zero-order chi connectivity index (χ0) is 13.8. The van der Waals surface area contributed by atoms with E-state index in [1.807, 2.05) is 0 Å². The monoisotopic (exact) mass is 273 g/mol. The second kappa shape index (κ2) is 5.72. The smallest absolute Gasteiger partial charge is 0.321 e. The number of sulfone groups is 1. The van der Waals surface area contributed by atoms with Crippen LogP contribution in [0.2, 0.25) is 0 Å².